The average Bonchev–Trinajstić information content (AvgIpc) is 3.46. The molecule has 0 bridgehead atoms. The number of fused-ring (bicyclic) bond motifs is 6. The Labute approximate surface area is 309 Å². The monoisotopic (exact) mass is 677 g/mol. The van der Waals surface area contributed by atoms with E-state index in [2.05, 4.69) is 158 Å². The number of nitrogens with zero attached hydrogens (tertiary/aromatic N) is 3. The predicted molar refractivity (Wildman–Crippen MR) is 220 cm³/mol. The quantitative estimate of drug-likeness (QED) is 0.182. The van der Waals surface area contributed by atoms with Gasteiger partial charge in [0.2, 0.25) is 0 Å². The summed E-state index contributed by atoms with van der Waals surface area (Å²) in [6.45, 7) is 4.70. The molecule has 0 spiro atoms. The molecule has 0 amide bonds. The van der Waals surface area contributed by atoms with Crippen LogP contribution in [0.3, 0.4) is 0 Å². The van der Waals surface area contributed by atoms with E-state index in [4.69, 9.17) is 9.97 Å². The largest absolute Gasteiger partial charge is 0.264 e. The molecule has 0 aliphatic heterocycles. The van der Waals surface area contributed by atoms with Crippen LogP contribution in [0.15, 0.2) is 176 Å². The van der Waals surface area contributed by atoms with Crippen LogP contribution in [0, 0.1) is 0 Å². The topological polar surface area (TPSA) is 38.7 Å². The van der Waals surface area contributed by atoms with Crippen LogP contribution >= 0.6 is 0 Å². The van der Waals surface area contributed by atoms with Crippen LogP contribution in [-0.4, -0.2) is 15.0 Å². The van der Waals surface area contributed by atoms with E-state index >= 15 is 0 Å². The highest BCUT2D eigenvalue weighted by molar-refractivity contribution is 6.07. The number of aromatic nitrogens is 3. The molecule has 0 atom stereocenters. The molecule has 9 aromatic rings. The molecular formula is C50H35N3. The molecule has 10 rings (SSSR count). The zero-order chi connectivity index (χ0) is 35.5. The Morgan fingerprint density at radius 2 is 1.06 bits per heavy atom. The summed E-state index contributed by atoms with van der Waals surface area (Å²) in [6, 6.07) is 58.7. The fraction of sp³-hybridized carbons (Fsp3) is 0.0600. The van der Waals surface area contributed by atoms with Gasteiger partial charge < -0.3 is 0 Å². The SMILES string of the molecule is CC1(C)c2ccc(-c3ccc(-c4cc(-c5ccc(-c6cccnc6)cc5)nc(-c5ccccc5)n4)c4ccccc34)cc2-c2c1ccc1ccccc21. The molecule has 0 N–H and O–H groups in total. The molecule has 2 heterocycles. The summed E-state index contributed by atoms with van der Waals surface area (Å²) in [7, 11) is 0. The number of pyridine rings is 1. The molecule has 250 valence electrons. The summed E-state index contributed by atoms with van der Waals surface area (Å²) >= 11 is 0. The van der Waals surface area contributed by atoms with E-state index in [0.29, 0.717) is 5.82 Å². The third-order valence-corrected chi connectivity index (χ3v) is 11.0. The van der Waals surface area contributed by atoms with Gasteiger partial charge in [-0.25, -0.2) is 9.97 Å². The van der Waals surface area contributed by atoms with Crippen molar-refractivity contribution in [3.05, 3.63) is 187 Å². The molecular weight excluding hydrogens is 643 g/mol. The molecule has 2 aromatic heterocycles. The number of benzene rings is 7. The molecule has 0 saturated heterocycles. The lowest BCUT2D eigenvalue weighted by Crippen LogP contribution is -2.14. The standard InChI is InChI=1S/C50H35N3/c1-50(2)44-26-23-36(29-43(44)48-39-15-7-6-11-33(39)22-27-45(48)50)38-24-25-42(41-17-9-8-16-40(38)41)47-30-46(52-49(53-47)35-12-4-3-5-13-35)34-20-18-32(19-21-34)37-14-10-28-51-31-37/h3-31H,1-2H3. The molecule has 0 radical (unpaired) electrons. The highest BCUT2D eigenvalue weighted by Gasteiger charge is 2.36. The summed E-state index contributed by atoms with van der Waals surface area (Å²) in [5, 5.41) is 4.95. The Morgan fingerprint density at radius 1 is 0.415 bits per heavy atom. The van der Waals surface area contributed by atoms with E-state index in [9.17, 15) is 0 Å². The molecule has 53 heavy (non-hydrogen) atoms. The molecule has 3 heteroatoms. The van der Waals surface area contributed by atoms with Gasteiger partial charge in [0.1, 0.15) is 0 Å². The zero-order valence-electron chi connectivity index (χ0n) is 29.6. The van der Waals surface area contributed by atoms with Crippen LogP contribution in [-0.2, 0) is 5.41 Å². The second-order valence-corrected chi connectivity index (χ2v) is 14.4. The Balaban J connectivity index is 1.12. The molecule has 7 aromatic carbocycles. The predicted octanol–water partition coefficient (Wildman–Crippen LogP) is 12.8. The van der Waals surface area contributed by atoms with Crippen LogP contribution in [0.1, 0.15) is 25.0 Å². The lowest BCUT2D eigenvalue weighted by Gasteiger charge is -2.22. The first-order valence-electron chi connectivity index (χ1n) is 18.2. The average molecular weight is 678 g/mol. The smallest absolute Gasteiger partial charge is 0.160 e. The molecule has 1 aliphatic rings. The minimum atomic E-state index is -0.0700. The highest BCUT2D eigenvalue weighted by atomic mass is 14.9. The summed E-state index contributed by atoms with van der Waals surface area (Å²) in [4.78, 5) is 14.6. The van der Waals surface area contributed by atoms with E-state index < -0.39 is 0 Å². The molecule has 0 fully saturated rings. The van der Waals surface area contributed by atoms with Gasteiger partial charge in [-0.15, -0.1) is 0 Å². The van der Waals surface area contributed by atoms with E-state index in [0.717, 1.165) is 44.6 Å². The maximum Gasteiger partial charge on any atom is 0.160 e. The van der Waals surface area contributed by atoms with Gasteiger partial charge in [-0.1, -0.05) is 159 Å². The number of hydrogen-bond donors (Lipinski definition) is 0. The van der Waals surface area contributed by atoms with E-state index in [1.165, 1.54) is 49.5 Å². The Morgan fingerprint density at radius 3 is 1.85 bits per heavy atom. The first kappa shape index (κ1) is 31.1. The van der Waals surface area contributed by atoms with Gasteiger partial charge in [0.25, 0.3) is 0 Å². The normalized spacial score (nSPS) is 12.9. The fourth-order valence-corrected chi connectivity index (χ4v) is 8.28. The Bertz CT molecular complexity index is 2840. The first-order chi connectivity index (χ1) is 26.0. The summed E-state index contributed by atoms with van der Waals surface area (Å²) in [5.41, 5.74) is 14.9. The van der Waals surface area contributed by atoms with Crippen molar-refractivity contribution >= 4 is 21.5 Å². The highest BCUT2D eigenvalue weighted by Crippen LogP contribution is 2.52. The molecule has 1 aliphatic carbocycles. The molecule has 0 unspecified atom stereocenters. The van der Waals surface area contributed by atoms with E-state index in [1.807, 2.05) is 30.5 Å². The van der Waals surface area contributed by atoms with Crippen molar-refractivity contribution in [2.45, 2.75) is 19.3 Å². The van der Waals surface area contributed by atoms with Crippen LogP contribution in [0.25, 0.3) is 88.8 Å². The van der Waals surface area contributed by atoms with Gasteiger partial charge in [0, 0.05) is 34.5 Å². The van der Waals surface area contributed by atoms with E-state index in [1.54, 1.807) is 6.20 Å². The first-order valence-corrected chi connectivity index (χ1v) is 18.2. The summed E-state index contributed by atoms with van der Waals surface area (Å²) in [6.07, 6.45) is 3.69. The third-order valence-electron chi connectivity index (χ3n) is 11.0. The maximum absolute atomic E-state index is 5.21. The minimum absolute atomic E-state index is 0.0700. The van der Waals surface area contributed by atoms with Gasteiger partial charge in [-0.2, -0.15) is 0 Å². The summed E-state index contributed by atoms with van der Waals surface area (Å²) < 4.78 is 0. The minimum Gasteiger partial charge on any atom is -0.264 e. The van der Waals surface area contributed by atoms with Crippen molar-refractivity contribution in [1.29, 1.82) is 0 Å². The van der Waals surface area contributed by atoms with Crippen molar-refractivity contribution in [2.24, 2.45) is 0 Å². The number of hydrogen-bond acceptors (Lipinski definition) is 3. The van der Waals surface area contributed by atoms with Crippen molar-refractivity contribution in [3.63, 3.8) is 0 Å². The van der Waals surface area contributed by atoms with Crippen LogP contribution < -0.4 is 0 Å². The van der Waals surface area contributed by atoms with Gasteiger partial charge in [0.15, 0.2) is 5.82 Å². The van der Waals surface area contributed by atoms with E-state index in [-0.39, 0.29) is 5.41 Å². The van der Waals surface area contributed by atoms with Crippen LogP contribution in [0.5, 0.6) is 0 Å². The maximum atomic E-state index is 5.21. The lowest BCUT2D eigenvalue weighted by atomic mass is 9.81. The molecule has 3 nitrogen and oxygen atoms in total. The second-order valence-electron chi connectivity index (χ2n) is 14.4. The van der Waals surface area contributed by atoms with Crippen molar-refractivity contribution in [3.8, 4) is 67.3 Å². The Hall–Kier alpha value is -6.71. The zero-order valence-corrected chi connectivity index (χ0v) is 29.6. The van der Waals surface area contributed by atoms with Gasteiger partial charge in [0.05, 0.1) is 11.4 Å². The Kier molecular flexibility index (Phi) is 7.16. The molecule has 0 saturated carbocycles. The van der Waals surface area contributed by atoms with Crippen molar-refractivity contribution < 1.29 is 0 Å². The van der Waals surface area contributed by atoms with Gasteiger partial charge in [-0.3, -0.25) is 4.98 Å². The fourth-order valence-electron chi connectivity index (χ4n) is 8.28. The third kappa shape index (κ3) is 5.16. The van der Waals surface area contributed by atoms with Crippen molar-refractivity contribution in [1.82, 2.24) is 15.0 Å². The number of rotatable bonds is 5. The lowest BCUT2D eigenvalue weighted by molar-refractivity contribution is 0.661. The van der Waals surface area contributed by atoms with Gasteiger partial charge >= 0.3 is 0 Å². The van der Waals surface area contributed by atoms with Crippen LogP contribution in [0.4, 0.5) is 0 Å². The van der Waals surface area contributed by atoms with Gasteiger partial charge in [-0.05, 0) is 84.3 Å². The van der Waals surface area contributed by atoms with Crippen LogP contribution in [0.2, 0.25) is 0 Å². The second kappa shape index (κ2) is 12.2. The summed E-state index contributed by atoms with van der Waals surface area (Å²) in [5.74, 6) is 0.703. The van der Waals surface area contributed by atoms with Crippen molar-refractivity contribution in [2.75, 3.05) is 0 Å².